The second kappa shape index (κ2) is 6.93. The van der Waals surface area contributed by atoms with E-state index in [0.717, 1.165) is 27.7 Å². The number of nitrogens with zero attached hydrogens (tertiary/aromatic N) is 5. The van der Waals surface area contributed by atoms with Gasteiger partial charge in [0.15, 0.2) is 5.82 Å². The molecule has 4 rings (SSSR count). The van der Waals surface area contributed by atoms with Gasteiger partial charge < -0.3 is 0 Å². The smallest absolute Gasteiger partial charge is 0.176 e. The summed E-state index contributed by atoms with van der Waals surface area (Å²) < 4.78 is 1.69. The van der Waals surface area contributed by atoms with Crippen LogP contribution in [-0.2, 0) is 0 Å². The largest absolute Gasteiger partial charge is 0.259 e. The molecule has 0 spiro atoms. The maximum Gasteiger partial charge on any atom is 0.176 e. The molecule has 1 N–H and O–H groups in total. The van der Waals surface area contributed by atoms with E-state index >= 15 is 0 Å². The first-order chi connectivity index (χ1) is 12.7. The van der Waals surface area contributed by atoms with Gasteiger partial charge in [-0.05, 0) is 19.1 Å². The molecule has 2 heterocycles. The molecular weight excluding hydrogens is 348 g/mol. The number of aromatic nitrogens is 4. The lowest BCUT2D eigenvalue weighted by Crippen LogP contribution is -1.97. The summed E-state index contributed by atoms with van der Waals surface area (Å²) in [5.74, 6) is 0.587. The van der Waals surface area contributed by atoms with Gasteiger partial charge in [0.2, 0.25) is 0 Å². The summed E-state index contributed by atoms with van der Waals surface area (Å²) in [5, 5.41) is 19.3. The van der Waals surface area contributed by atoms with Crippen molar-refractivity contribution in [1.82, 2.24) is 20.0 Å². The molecule has 0 aliphatic carbocycles. The van der Waals surface area contributed by atoms with Crippen LogP contribution in [0.4, 0.5) is 5.82 Å². The predicted octanol–water partition coefficient (Wildman–Crippen LogP) is 4.22. The van der Waals surface area contributed by atoms with Crippen molar-refractivity contribution in [3.8, 4) is 5.69 Å². The SMILES string of the molecule is Cc1nn(-c2ccccc2)c(Cl)c1/C=N\Nc1nncc2ccccc12. The third-order valence-corrected chi connectivity index (χ3v) is 4.35. The van der Waals surface area contributed by atoms with Crippen LogP contribution < -0.4 is 5.43 Å². The van der Waals surface area contributed by atoms with Crippen molar-refractivity contribution in [2.75, 3.05) is 5.43 Å². The van der Waals surface area contributed by atoms with Crippen LogP contribution in [0, 0.1) is 6.92 Å². The van der Waals surface area contributed by atoms with Crippen molar-refractivity contribution >= 4 is 34.4 Å². The Morgan fingerprint density at radius 3 is 2.69 bits per heavy atom. The molecule has 6 nitrogen and oxygen atoms in total. The number of hydrogen-bond donors (Lipinski definition) is 1. The summed E-state index contributed by atoms with van der Waals surface area (Å²) in [4.78, 5) is 0. The highest BCUT2D eigenvalue weighted by molar-refractivity contribution is 6.32. The van der Waals surface area contributed by atoms with Crippen LogP contribution in [-0.4, -0.2) is 26.2 Å². The molecule has 128 valence electrons. The standard InChI is InChI=1S/C19H15ClN6/c1-13-17(18(20)26(25-13)15-8-3-2-4-9-15)12-22-24-19-16-10-6-5-7-14(16)11-21-23-19/h2-12H,1H3,(H,23,24)/b22-12-. The monoisotopic (exact) mass is 362 g/mol. The molecule has 0 saturated carbocycles. The molecule has 4 aromatic rings. The minimum absolute atomic E-state index is 0.503. The van der Waals surface area contributed by atoms with Gasteiger partial charge in [-0.15, -0.1) is 5.10 Å². The molecule has 0 bridgehead atoms. The number of hydrazone groups is 1. The van der Waals surface area contributed by atoms with E-state index in [2.05, 4.69) is 25.8 Å². The molecule has 2 aromatic heterocycles. The zero-order chi connectivity index (χ0) is 17.9. The zero-order valence-electron chi connectivity index (χ0n) is 14.0. The lowest BCUT2D eigenvalue weighted by atomic mass is 10.2. The minimum atomic E-state index is 0.503. The van der Waals surface area contributed by atoms with Crippen LogP contribution in [0.2, 0.25) is 5.15 Å². The topological polar surface area (TPSA) is 68.0 Å². The Balaban J connectivity index is 1.62. The minimum Gasteiger partial charge on any atom is -0.259 e. The Bertz CT molecular complexity index is 1080. The molecule has 0 aliphatic rings. The molecule has 7 heteroatoms. The Kier molecular flexibility index (Phi) is 4.33. The number of benzene rings is 2. The van der Waals surface area contributed by atoms with Gasteiger partial charge in [-0.25, -0.2) is 4.68 Å². The molecule has 0 unspecified atom stereocenters. The van der Waals surface area contributed by atoms with Gasteiger partial charge in [0.1, 0.15) is 5.15 Å². The van der Waals surface area contributed by atoms with Crippen LogP contribution >= 0.6 is 11.6 Å². The number of rotatable bonds is 4. The summed E-state index contributed by atoms with van der Waals surface area (Å²) in [5.41, 5.74) is 5.37. The van der Waals surface area contributed by atoms with E-state index in [0.29, 0.717) is 11.0 Å². The Labute approximate surface area is 155 Å². The summed E-state index contributed by atoms with van der Waals surface area (Å²) in [7, 11) is 0. The van der Waals surface area contributed by atoms with E-state index in [-0.39, 0.29) is 0 Å². The number of fused-ring (bicyclic) bond motifs is 1. The van der Waals surface area contributed by atoms with Gasteiger partial charge in [-0.2, -0.15) is 15.3 Å². The molecule has 26 heavy (non-hydrogen) atoms. The number of nitrogens with one attached hydrogen (secondary N) is 1. The van der Waals surface area contributed by atoms with E-state index in [1.165, 1.54) is 0 Å². The van der Waals surface area contributed by atoms with Crippen molar-refractivity contribution < 1.29 is 0 Å². The van der Waals surface area contributed by atoms with E-state index < -0.39 is 0 Å². The fourth-order valence-corrected chi connectivity index (χ4v) is 2.99. The van der Waals surface area contributed by atoms with Crippen molar-refractivity contribution in [2.45, 2.75) is 6.92 Å². The van der Waals surface area contributed by atoms with Crippen molar-refractivity contribution in [3.63, 3.8) is 0 Å². The highest BCUT2D eigenvalue weighted by atomic mass is 35.5. The number of anilines is 1. The van der Waals surface area contributed by atoms with E-state index in [9.17, 15) is 0 Å². The second-order valence-corrected chi connectivity index (χ2v) is 6.05. The first kappa shape index (κ1) is 16.2. The first-order valence-corrected chi connectivity index (χ1v) is 8.42. The predicted molar refractivity (Wildman–Crippen MR) is 104 cm³/mol. The number of aryl methyl sites for hydroxylation is 1. The third-order valence-electron chi connectivity index (χ3n) is 3.98. The van der Waals surface area contributed by atoms with Gasteiger partial charge in [-0.1, -0.05) is 54.1 Å². The summed E-state index contributed by atoms with van der Waals surface area (Å²) in [6, 6.07) is 17.6. The van der Waals surface area contributed by atoms with E-state index in [4.69, 9.17) is 11.6 Å². The number of halogens is 1. The van der Waals surface area contributed by atoms with Crippen LogP contribution in [0.1, 0.15) is 11.3 Å². The third kappa shape index (κ3) is 3.02. The fraction of sp³-hybridized carbons (Fsp3) is 0.0526. The highest BCUT2D eigenvalue weighted by Gasteiger charge is 2.13. The lowest BCUT2D eigenvalue weighted by Gasteiger charge is -2.03. The van der Waals surface area contributed by atoms with Crippen LogP contribution in [0.3, 0.4) is 0 Å². The van der Waals surface area contributed by atoms with Gasteiger partial charge in [-0.3, -0.25) is 5.43 Å². The highest BCUT2D eigenvalue weighted by Crippen LogP contribution is 2.22. The quantitative estimate of drug-likeness (QED) is 0.436. The van der Waals surface area contributed by atoms with Crippen molar-refractivity contribution in [1.29, 1.82) is 0 Å². The summed E-state index contributed by atoms with van der Waals surface area (Å²) in [6.07, 6.45) is 3.36. The molecule has 0 radical (unpaired) electrons. The van der Waals surface area contributed by atoms with Crippen molar-refractivity contribution in [3.05, 3.63) is 77.2 Å². The average Bonchev–Trinajstić information content (AvgIpc) is 2.97. The Morgan fingerprint density at radius 1 is 1.08 bits per heavy atom. The second-order valence-electron chi connectivity index (χ2n) is 5.69. The maximum atomic E-state index is 6.49. The Hall–Kier alpha value is -3.25. The maximum absolute atomic E-state index is 6.49. The van der Waals surface area contributed by atoms with Gasteiger partial charge in [0, 0.05) is 10.8 Å². The van der Waals surface area contributed by atoms with Crippen LogP contribution in [0.25, 0.3) is 16.5 Å². The van der Waals surface area contributed by atoms with E-state index in [1.54, 1.807) is 17.1 Å². The lowest BCUT2D eigenvalue weighted by molar-refractivity contribution is 0.863. The molecule has 2 aromatic carbocycles. The summed E-state index contributed by atoms with van der Waals surface area (Å²) in [6.45, 7) is 1.89. The number of para-hydroxylation sites is 1. The normalized spacial score (nSPS) is 11.3. The molecule has 0 amide bonds. The molecule has 0 fully saturated rings. The van der Waals surface area contributed by atoms with E-state index in [1.807, 2.05) is 61.5 Å². The molecule has 0 saturated heterocycles. The Morgan fingerprint density at radius 2 is 1.85 bits per heavy atom. The van der Waals surface area contributed by atoms with Gasteiger partial charge in [0.05, 0.1) is 29.4 Å². The summed E-state index contributed by atoms with van der Waals surface area (Å²) >= 11 is 6.49. The van der Waals surface area contributed by atoms with Crippen LogP contribution in [0.5, 0.6) is 0 Å². The fourth-order valence-electron chi connectivity index (χ4n) is 2.67. The number of hydrogen-bond acceptors (Lipinski definition) is 5. The van der Waals surface area contributed by atoms with Gasteiger partial charge >= 0.3 is 0 Å². The molecular formula is C19H15ClN6. The van der Waals surface area contributed by atoms with Gasteiger partial charge in [0.25, 0.3) is 0 Å². The zero-order valence-corrected chi connectivity index (χ0v) is 14.7. The molecule has 0 atom stereocenters. The molecule has 0 aliphatic heterocycles. The van der Waals surface area contributed by atoms with Crippen molar-refractivity contribution in [2.24, 2.45) is 5.10 Å². The average molecular weight is 363 g/mol. The first-order valence-electron chi connectivity index (χ1n) is 8.04. The van der Waals surface area contributed by atoms with Crippen LogP contribution in [0.15, 0.2) is 65.9 Å².